The van der Waals surface area contributed by atoms with Gasteiger partial charge in [0.05, 0.1) is 6.92 Å². The Bertz CT molecular complexity index is 29.0. The normalized spacial score (nSPS) is 6.50. The van der Waals surface area contributed by atoms with Crippen LogP contribution in [0.15, 0.2) is 0 Å². The molecule has 0 saturated heterocycles. The van der Waals surface area contributed by atoms with Crippen LogP contribution in [-0.2, 0) is 4.79 Å². The molecule has 4 heavy (non-hydrogen) atoms. The Morgan fingerprint density at radius 1 is 2.00 bits per heavy atom. The van der Waals surface area contributed by atoms with Gasteiger partial charge in [0.1, 0.15) is 0 Å². The van der Waals surface area contributed by atoms with E-state index in [0.29, 0.717) is 0 Å². The Morgan fingerprint density at radius 2 is 2.00 bits per heavy atom. The molecule has 0 fully saturated rings. The summed E-state index contributed by atoms with van der Waals surface area (Å²) in [5.41, 5.74) is 3.00. The van der Waals surface area contributed by atoms with Crippen LogP contribution in [0.3, 0.4) is 0 Å². The van der Waals surface area contributed by atoms with Gasteiger partial charge in [-0.15, -0.1) is 0 Å². The van der Waals surface area contributed by atoms with Crippen LogP contribution < -0.4 is 5.73 Å². The first-order valence-corrected chi connectivity index (χ1v) is 1.06. The van der Waals surface area contributed by atoms with E-state index in [2.05, 4.69) is 5.73 Å². The van der Waals surface area contributed by atoms with Crippen LogP contribution in [0.25, 0.3) is 0 Å². The minimum atomic E-state index is -0.0833. The van der Waals surface area contributed by atoms with E-state index < -0.39 is 0 Å². The minimum absolute atomic E-state index is 0.0833. The Balaban J connectivity index is 2.80. The Morgan fingerprint density at radius 3 is 2.00 bits per heavy atom. The zero-order chi connectivity index (χ0) is 3.58. The standard InChI is InChI=1S/C2H5NO/c1-2(3)4/h1H3,(H2,3,4)/p+1. The van der Waals surface area contributed by atoms with Crippen LogP contribution in [-0.4, -0.2) is 5.91 Å². The summed E-state index contributed by atoms with van der Waals surface area (Å²) in [6.07, 6.45) is 0. The van der Waals surface area contributed by atoms with E-state index in [1.807, 2.05) is 0 Å². The van der Waals surface area contributed by atoms with E-state index in [9.17, 15) is 4.79 Å². The fraction of sp³-hybridized carbons (Fsp3) is 0.500. The number of quaternary nitrogens is 1. The summed E-state index contributed by atoms with van der Waals surface area (Å²) < 4.78 is 0. The van der Waals surface area contributed by atoms with Gasteiger partial charge in [-0.25, -0.2) is 4.79 Å². The predicted molar refractivity (Wildman–Crippen MR) is 13.6 cm³/mol. The van der Waals surface area contributed by atoms with Crippen molar-refractivity contribution in [3.63, 3.8) is 0 Å². The maximum Gasteiger partial charge on any atom is 0.305 e. The van der Waals surface area contributed by atoms with Gasteiger partial charge >= 0.3 is 5.91 Å². The monoisotopic (exact) mass is 60.0 g/mol. The molecule has 0 aliphatic heterocycles. The summed E-state index contributed by atoms with van der Waals surface area (Å²) in [4.78, 5) is 9.33. The molecule has 0 heterocycles. The van der Waals surface area contributed by atoms with E-state index in [-0.39, 0.29) is 5.91 Å². The van der Waals surface area contributed by atoms with Gasteiger partial charge in [-0.3, -0.25) is 5.73 Å². The molecule has 3 N–H and O–H groups in total. The summed E-state index contributed by atoms with van der Waals surface area (Å²) in [7, 11) is 0. The quantitative estimate of drug-likeness (QED) is 0.374. The Hall–Kier alpha value is -0.370. The third kappa shape index (κ3) is 4.73. The van der Waals surface area contributed by atoms with E-state index >= 15 is 0 Å². The van der Waals surface area contributed by atoms with Crippen molar-refractivity contribution in [3.8, 4) is 0 Å². The Kier molecular flexibility index (Phi) is 0.917. The van der Waals surface area contributed by atoms with Gasteiger partial charge in [-0.05, 0) is 0 Å². The number of carbonyl (C=O) groups excluding carboxylic acids is 1. The molecule has 1 amide bonds. The van der Waals surface area contributed by atoms with Crippen molar-refractivity contribution in [1.82, 2.24) is 0 Å². The van der Waals surface area contributed by atoms with Gasteiger partial charge in [-0.2, -0.15) is 0 Å². The molecule has 0 aliphatic rings. The second kappa shape index (κ2) is 1.01. The minimum Gasteiger partial charge on any atom is -0.295 e. The average molecular weight is 60.1 g/mol. The number of carbonyl (C=O) groups is 1. The van der Waals surface area contributed by atoms with Crippen molar-refractivity contribution < 1.29 is 10.5 Å². The molecule has 0 radical (unpaired) electrons. The van der Waals surface area contributed by atoms with E-state index in [4.69, 9.17) is 0 Å². The molecule has 2 nitrogen and oxygen atoms in total. The average Bonchev–Trinajstić information content (AvgIpc) is 0.811. The molecule has 0 saturated carbocycles. The highest BCUT2D eigenvalue weighted by Crippen LogP contribution is 1.27. The summed E-state index contributed by atoms with van der Waals surface area (Å²) in [6.45, 7) is 1.42. The van der Waals surface area contributed by atoms with Crippen LogP contribution in [0.5, 0.6) is 0 Å². The molecular weight excluding hydrogens is 54.0 g/mol. The highest BCUT2D eigenvalue weighted by atomic mass is 16.1. The zero-order valence-corrected chi connectivity index (χ0v) is 2.62. The number of amides is 1. The van der Waals surface area contributed by atoms with Gasteiger partial charge in [0, 0.05) is 0 Å². The van der Waals surface area contributed by atoms with Crippen LogP contribution in [0.1, 0.15) is 6.92 Å². The van der Waals surface area contributed by atoms with Crippen molar-refractivity contribution in [3.05, 3.63) is 0 Å². The number of rotatable bonds is 0. The SMILES string of the molecule is CC([NH3+])=O. The molecule has 24 valence electrons. The summed E-state index contributed by atoms with van der Waals surface area (Å²) >= 11 is 0. The predicted octanol–water partition coefficient (Wildman–Crippen LogP) is -1.23. The lowest BCUT2D eigenvalue weighted by molar-refractivity contribution is -0.302. The molecule has 0 aromatic carbocycles. The van der Waals surface area contributed by atoms with Crippen LogP contribution in [0.2, 0.25) is 0 Å². The largest absolute Gasteiger partial charge is 0.305 e. The second-order valence-corrected chi connectivity index (χ2v) is 0.702. The van der Waals surface area contributed by atoms with Gasteiger partial charge in [0.25, 0.3) is 0 Å². The van der Waals surface area contributed by atoms with Gasteiger partial charge in [0.2, 0.25) is 0 Å². The lowest BCUT2D eigenvalue weighted by Crippen LogP contribution is -2.54. The van der Waals surface area contributed by atoms with Crippen molar-refractivity contribution in [2.24, 2.45) is 0 Å². The molecule has 0 unspecified atom stereocenters. The van der Waals surface area contributed by atoms with Crippen molar-refractivity contribution in [1.29, 1.82) is 0 Å². The van der Waals surface area contributed by atoms with E-state index in [0.717, 1.165) is 0 Å². The first-order valence-electron chi connectivity index (χ1n) is 1.06. The maximum atomic E-state index is 9.33. The highest BCUT2D eigenvalue weighted by molar-refractivity contribution is 5.60. The third-order valence-corrected chi connectivity index (χ3v) is 0. The third-order valence-electron chi connectivity index (χ3n) is 0. The second-order valence-electron chi connectivity index (χ2n) is 0.702. The zero-order valence-electron chi connectivity index (χ0n) is 2.62. The molecule has 0 spiro atoms. The lowest BCUT2D eigenvalue weighted by Gasteiger charge is -1.53. The summed E-state index contributed by atoms with van der Waals surface area (Å²) in [6, 6.07) is 0. The fourth-order valence-corrected chi connectivity index (χ4v) is 0. The highest BCUT2D eigenvalue weighted by Gasteiger charge is 1.68. The van der Waals surface area contributed by atoms with Gasteiger partial charge in [-0.1, -0.05) is 0 Å². The molecule has 0 aromatic rings. The molecule has 0 aliphatic carbocycles. The van der Waals surface area contributed by atoms with Crippen LogP contribution in [0, 0.1) is 0 Å². The smallest absolute Gasteiger partial charge is 0.295 e. The first kappa shape index (κ1) is 3.63. The first-order chi connectivity index (χ1) is 1.73. The van der Waals surface area contributed by atoms with Crippen LogP contribution >= 0.6 is 0 Å². The summed E-state index contributed by atoms with van der Waals surface area (Å²) in [5.74, 6) is -0.0833. The van der Waals surface area contributed by atoms with Crippen molar-refractivity contribution in [2.75, 3.05) is 0 Å². The van der Waals surface area contributed by atoms with Crippen molar-refractivity contribution in [2.45, 2.75) is 6.92 Å². The fourth-order valence-electron chi connectivity index (χ4n) is 0. The topological polar surface area (TPSA) is 44.7 Å². The molecule has 2 heteroatoms. The van der Waals surface area contributed by atoms with Gasteiger partial charge < -0.3 is 0 Å². The number of hydrogen-bond donors (Lipinski definition) is 1. The van der Waals surface area contributed by atoms with Crippen LogP contribution in [0.4, 0.5) is 0 Å². The van der Waals surface area contributed by atoms with E-state index in [1.165, 1.54) is 6.92 Å². The van der Waals surface area contributed by atoms with E-state index in [1.54, 1.807) is 0 Å². The number of hydrogen-bond acceptors (Lipinski definition) is 1. The molecule has 0 aromatic heterocycles. The van der Waals surface area contributed by atoms with Gasteiger partial charge in [0.15, 0.2) is 0 Å². The van der Waals surface area contributed by atoms with Crippen molar-refractivity contribution >= 4 is 5.91 Å². The molecular formula is C2H6NO+. The lowest BCUT2D eigenvalue weighted by atomic mass is 10.8. The maximum absolute atomic E-state index is 9.33. The molecule has 0 atom stereocenters. The Labute approximate surface area is 24.6 Å². The summed E-state index contributed by atoms with van der Waals surface area (Å²) in [5, 5.41) is 0. The molecule has 0 bridgehead atoms. The molecule has 0 rings (SSSR count).